The molecule has 0 radical (unpaired) electrons. The molecule has 0 atom stereocenters. The zero-order valence-corrected chi connectivity index (χ0v) is 11.3. The summed E-state index contributed by atoms with van der Waals surface area (Å²) >= 11 is 1.18. The fourth-order valence-corrected chi connectivity index (χ4v) is 2.81. The lowest BCUT2D eigenvalue weighted by atomic mass is 10.3. The highest BCUT2D eigenvalue weighted by Gasteiger charge is 2.15. The first-order valence-corrected chi connectivity index (χ1v) is 7.22. The first-order chi connectivity index (χ1) is 9.16. The highest BCUT2D eigenvalue weighted by molar-refractivity contribution is 7.99. The predicted octanol–water partition coefficient (Wildman–Crippen LogP) is 1.88. The molecule has 0 saturated carbocycles. The quantitative estimate of drug-likeness (QED) is 0.858. The van der Waals surface area contributed by atoms with Crippen LogP contribution in [-0.2, 0) is 4.79 Å². The number of nitrogens with one attached hydrogen (secondary N) is 1. The molecule has 1 heterocycles. The summed E-state index contributed by atoms with van der Waals surface area (Å²) in [7, 11) is 0. The van der Waals surface area contributed by atoms with Gasteiger partial charge in [-0.1, -0.05) is 0 Å². The smallest absolute Gasteiger partial charge is 0.223 e. The number of halogens is 2. The van der Waals surface area contributed by atoms with Crippen LogP contribution in [0.4, 0.5) is 8.78 Å². The van der Waals surface area contributed by atoms with Gasteiger partial charge in [-0.3, -0.25) is 4.79 Å². The molecule has 0 unspecified atom stereocenters. The van der Waals surface area contributed by atoms with Crippen LogP contribution in [-0.4, -0.2) is 42.7 Å². The van der Waals surface area contributed by atoms with Crippen molar-refractivity contribution < 1.29 is 13.6 Å². The number of carbonyl (C=O) groups is 1. The van der Waals surface area contributed by atoms with E-state index in [1.807, 2.05) is 0 Å². The molecule has 1 aromatic rings. The van der Waals surface area contributed by atoms with Crippen LogP contribution in [0.2, 0.25) is 0 Å². The second-order valence-electron chi connectivity index (χ2n) is 4.30. The molecule has 1 saturated heterocycles. The number of piperazine rings is 1. The lowest BCUT2D eigenvalue weighted by Crippen LogP contribution is -2.46. The van der Waals surface area contributed by atoms with E-state index in [0.717, 1.165) is 44.4 Å². The normalized spacial score (nSPS) is 15.6. The topological polar surface area (TPSA) is 32.3 Å². The van der Waals surface area contributed by atoms with E-state index in [0.29, 0.717) is 12.2 Å². The van der Waals surface area contributed by atoms with Crippen LogP contribution in [0.15, 0.2) is 23.1 Å². The van der Waals surface area contributed by atoms with Gasteiger partial charge in [0.2, 0.25) is 5.91 Å². The van der Waals surface area contributed by atoms with Gasteiger partial charge < -0.3 is 10.2 Å². The van der Waals surface area contributed by atoms with Crippen LogP contribution < -0.4 is 5.32 Å². The lowest BCUT2D eigenvalue weighted by Gasteiger charge is -2.27. The van der Waals surface area contributed by atoms with Crippen LogP contribution in [0.3, 0.4) is 0 Å². The van der Waals surface area contributed by atoms with Gasteiger partial charge in [-0.2, -0.15) is 0 Å². The van der Waals surface area contributed by atoms with Crippen molar-refractivity contribution in [2.24, 2.45) is 0 Å². The number of benzene rings is 1. The number of amides is 1. The Morgan fingerprint density at radius 1 is 1.32 bits per heavy atom. The molecule has 1 aromatic carbocycles. The molecule has 0 bridgehead atoms. The summed E-state index contributed by atoms with van der Waals surface area (Å²) in [6.07, 6.45) is 0.348. The van der Waals surface area contributed by atoms with Crippen LogP contribution in [0.25, 0.3) is 0 Å². The van der Waals surface area contributed by atoms with Gasteiger partial charge in [0, 0.05) is 43.2 Å². The Morgan fingerprint density at radius 3 is 2.79 bits per heavy atom. The van der Waals surface area contributed by atoms with Crippen LogP contribution in [0.1, 0.15) is 6.42 Å². The number of rotatable bonds is 4. The molecule has 2 rings (SSSR count). The Balaban J connectivity index is 1.79. The van der Waals surface area contributed by atoms with E-state index in [2.05, 4.69) is 5.32 Å². The SMILES string of the molecule is O=C(CCSc1cc(F)ccc1F)N1CCNCC1. The number of carbonyl (C=O) groups excluding carboxylic acids is 1. The molecular formula is C13H16F2N2OS. The van der Waals surface area contributed by atoms with Gasteiger partial charge >= 0.3 is 0 Å². The Bertz CT molecular complexity index is 450. The molecule has 1 N–H and O–H groups in total. The third kappa shape index (κ3) is 4.18. The summed E-state index contributed by atoms with van der Waals surface area (Å²) in [4.78, 5) is 13.9. The number of hydrogen-bond donors (Lipinski definition) is 1. The lowest BCUT2D eigenvalue weighted by molar-refractivity contribution is -0.131. The highest BCUT2D eigenvalue weighted by Crippen LogP contribution is 2.23. The largest absolute Gasteiger partial charge is 0.340 e. The van der Waals surface area contributed by atoms with E-state index >= 15 is 0 Å². The van der Waals surface area contributed by atoms with Gasteiger partial charge in [-0.15, -0.1) is 11.8 Å². The van der Waals surface area contributed by atoms with E-state index in [1.165, 1.54) is 11.8 Å². The van der Waals surface area contributed by atoms with E-state index in [4.69, 9.17) is 0 Å². The molecule has 1 aliphatic rings. The maximum absolute atomic E-state index is 13.4. The van der Waals surface area contributed by atoms with Crippen molar-refractivity contribution in [2.75, 3.05) is 31.9 Å². The summed E-state index contributed by atoms with van der Waals surface area (Å²) in [5.41, 5.74) is 0. The molecule has 19 heavy (non-hydrogen) atoms. The average Bonchev–Trinajstić information content (AvgIpc) is 2.43. The summed E-state index contributed by atoms with van der Waals surface area (Å²) in [6, 6.07) is 3.36. The fourth-order valence-electron chi connectivity index (χ4n) is 1.91. The van der Waals surface area contributed by atoms with Crippen molar-refractivity contribution >= 4 is 17.7 Å². The van der Waals surface area contributed by atoms with Crippen molar-refractivity contribution in [3.05, 3.63) is 29.8 Å². The third-order valence-corrected chi connectivity index (χ3v) is 3.97. The summed E-state index contributed by atoms with van der Waals surface area (Å²) in [5, 5.41) is 3.17. The Kier molecular flexibility index (Phi) is 5.15. The maximum atomic E-state index is 13.4. The highest BCUT2D eigenvalue weighted by atomic mass is 32.2. The van der Waals surface area contributed by atoms with Crippen molar-refractivity contribution in [1.82, 2.24) is 10.2 Å². The first-order valence-electron chi connectivity index (χ1n) is 6.23. The van der Waals surface area contributed by atoms with Crippen LogP contribution in [0.5, 0.6) is 0 Å². The molecule has 1 amide bonds. The van der Waals surface area contributed by atoms with Gasteiger partial charge in [0.15, 0.2) is 0 Å². The summed E-state index contributed by atoms with van der Waals surface area (Å²) < 4.78 is 26.3. The number of thioether (sulfide) groups is 1. The van der Waals surface area contributed by atoms with Crippen LogP contribution in [0, 0.1) is 11.6 Å². The second-order valence-corrected chi connectivity index (χ2v) is 5.44. The van der Waals surface area contributed by atoms with Gasteiger partial charge in [-0.05, 0) is 18.2 Å². The minimum absolute atomic E-state index is 0.0748. The monoisotopic (exact) mass is 286 g/mol. The van der Waals surface area contributed by atoms with Gasteiger partial charge in [-0.25, -0.2) is 8.78 Å². The number of hydrogen-bond acceptors (Lipinski definition) is 3. The van der Waals surface area contributed by atoms with Crippen LogP contribution >= 0.6 is 11.8 Å². The predicted molar refractivity (Wildman–Crippen MR) is 71.1 cm³/mol. The molecule has 1 aliphatic heterocycles. The zero-order valence-electron chi connectivity index (χ0n) is 10.5. The molecule has 3 nitrogen and oxygen atoms in total. The zero-order chi connectivity index (χ0) is 13.7. The minimum Gasteiger partial charge on any atom is -0.340 e. The molecule has 104 valence electrons. The number of nitrogens with zero attached hydrogens (tertiary/aromatic N) is 1. The Morgan fingerprint density at radius 2 is 2.05 bits per heavy atom. The van der Waals surface area contributed by atoms with Crippen molar-refractivity contribution in [1.29, 1.82) is 0 Å². The van der Waals surface area contributed by atoms with E-state index < -0.39 is 11.6 Å². The van der Waals surface area contributed by atoms with E-state index in [-0.39, 0.29) is 10.8 Å². The molecule has 0 aliphatic carbocycles. The van der Waals surface area contributed by atoms with Gasteiger partial charge in [0.25, 0.3) is 0 Å². The Hall–Kier alpha value is -1.14. The fraction of sp³-hybridized carbons (Fsp3) is 0.462. The summed E-state index contributed by atoms with van der Waals surface area (Å²) in [6.45, 7) is 3.07. The maximum Gasteiger partial charge on any atom is 0.223 e. The van der Waals surface area contributed by atoms with E-state index in [9.17, 15) is 13.6 Å². The van der Waals surface area contributed by atoms with Crippen molar-refractivity contribution in [3.8, 4) is 0 Å². The molecule has 6 heteroatoms. The minimum atomic E-state index is -0.461. The molecule has 0 spiro atoms. The van der Waals surface area contributed by atoms with Gasteiger partial charge in [0.05, 0.1) is 0 Å². The average molecular weight is 286 g/mol. The standard InChI is InChI=1S/C13H16F2N2OS/c14-10-1-2-11(15)12(9-10)19-8-3-13(18)17-6-4-16-5-7-17/h1-2,9,16H,3-8H2. The molecular weight excluding hydrogens is 270 g/mol. The second kappa shape index (κ2) is 6.86. The molecule has 1 fully saturated rings. The summed E-state index contributed by atoms with van der Waals surface area (Å²) in [5.74, 6) is -0.368. The first kappa shape index (κ1) is 14.3. The van der Waals surface area contributed by atoms with Crippen molar-refractivity contribution in [3.63, 3.8) is 0 Å². The van der Waals surface area contributed by atoms with Crippen molar-refractivity contribution in [2.45, 2.75) is 11.3 Å². The van der Waals surface area contributed by atoms with Gasteiger partial charge in [0.1, 0.15) is 11.6 Å². The third-order valence-electron chi connectivity index (χ3n) is 2.94. The van der Waals surface area contributed by atoms with E-state index in [1.54, 1.807) is 4.90 Å². The Labute approximate surface area is 115 Å². The molecule has 0 aromatic heterocycles.